The zero-order valence-corrected chi connectivity index (χ0v) is 10.9. The smallest absolute Gasteiger partial charge is 0.164 e. The van der Waals surface area contributed by atoms with Crippen molar-refractivity contribution in [1.82, 2.24) is 0 Å². The fraction of sp³-hybridized carbons (Fsp3) is 0.167. The van der Waals surface area contributed by atoms with Crippen LogP contribution in [0.15, 0.2) is 34.5 Å². The fourth-order valence-corrected chi connectivity index (χ4v) is 1.62. The third-order valence-electron chi connectivity index (χ3n) is 2.01. The van der Waals surface area contributed by atoms with Crippen LogP contribution in [0.3, 0.4) is 0 Å². The number of benzene rings is 1. The molecule has 0 atom stereocenters. The third-order valence-corrected chi connectivity index (χ3v) is 2.55. The van der Waals surface area contributed by atoms with Crippen LogP contribution in [0.25, 0.3) is 0 Å². The molecule has 0 radical (unpaired) electrons. The van der Waals surface area contributed by atoms with Crippen molar-refractivity contribution >= 4 is 40.9 Å². The Kier molecular flexibility index (Phi) is 4.73. The number of aliphatic imine (C=N–C) groups is 1. The summed E-state index contributed by atoms with van der Waals surface area (Å²) in [6.45, 7) is 2.77. The van der Waals surface area contributed by atoms with Crippen LogP contribution >= 0.6 is 23.2 Å². The molecule has 1 N–H and O–H groups in total. The first-order chi connectivity index (χ1) is 7.91. The number of hydrogen-bond donors (Lipinski definition) is 1. The number of rotatable bonds is 3. The standard InChI is InChI=1S/C12H11Cl2NO2/c1-7(16)10(8(2)17)6-15-12-4-3-9(13)5-11(12)14/h3-6,16H,1-2H3/b10-7+,15-6?. The lowest BCUT2D eigenvalue weighted by Gasteiger charge is -2.00. The number of aliphatic hydroxyl groups is 1. The summed E-state index contributed by atoms with van der Waals surface area (Å²) in [6.07, 6.45) is 1.28. The lowest BCUT2D eigenvalue weighted by molar-refractivity contribution is -0.113. The number of nitrogens with zero attached hydrogens (tertiary/aromatic N) is 1. The minimum absolute atomic E-state index is 0.0775. The Morgan fingerprint density at radius 1 is 1.35 bits per heavy atom. The lowest BCUT2D eigenvalue weighted by atomic mass is 10.2. The lowest BCUT2D eigenvalue weighted by Crippen LogP contribution is -2.01. The number of allylic oxidation sites excluding steroid dienone is 2. The maximum absolute atomic E-state index is 11.2. The summed E-state index contributed by atoms with van der Waals surface area (Å²) in [7, 11) is 0. The Bertz CT molecular complexity index is 503. The summed E-state index contributed by atoms with van der Waals surface area (Å²) in [5.74, 6) is -0.342. The minimum Gasteiger partial charge on any atom is -0.512 e. The van der Waals surface area contributed by atoms with Crippen molar-refractivity contribution in [2.75, 3.05) is 0 Å². The first-order valence-electron chi connectivity index (χ1n) is 4.81. The predicted octanol–water partition coefficient (Wildman–Crippen LogP) is 4.12. The molecule has 0 saturated heterocycles. The van der Waals surface area contributed by atoms with E-state index in [0.29, 0.717) is 15.7 Å². The topological polar surface area (TPSA) is 49.7 Å². The molecule has 90 valence electrons. The van der Waals surface area contributed by atoms with Gasteiger partial charge in [0.1, 0.15) is 5.76 Å². The van der Waals surface area contributed by atoms with Gasteiger partial charge in [-0.15, -0.1) is 0 Å². The summed E-state index contributed by atoms with van der Waals surface area (Å²) >= 11 is 11.7. The van der Waals surface area contributed by atoms with Gasteiger partial charge >= 0.3 is 0 Å². The molecule has 0 aliphatic rings. The number of aliphatic hydroxyl groups excluding tert-OH is 1. The van der Waals surface area contributed by atoms with E-state index in [-0.39, 0.29) is 17.1 Å². The quantitative estimate of drug-likeness (QED) is 0.511. The van der Waals surface area contributed by atoms with Crippen molar-refractivity contribution in [3.8, 4) is 0 Å². The van der Waals surface area contributed by atoms with Gasteiger partial charge < -0.3 is 5.11 Å². The van der Waals surface area contributed by atoms with Crippen LogP contribution in [0, 0.1) is 0 Å². The van der Waals surface area contributed by atoms with E-state index in [9.17, 15) is 9.90 Å². The van der Waals surface area contributed by atoms with Crippen LogP contribution < -0.4 is 0 Å². The van der Waals surface area contributed by atoms with E-state index in [1.807, 2.05) is 0 Å². The number of carbonyl (C=O) groups excluding carboxylic acids is 1. The number of hydrogen-bond acceptors (Lipinski definition) is 3. The van der Waals surface area contributed by atoms with Crippen LogP contribution in [-0.4, -0.2) is 17.1 Å². The Labute approximate surface area is 109 Å². The number of halogens is 2. The third kappa shape index (κ3) is 3.88. The van der Waals surface area contributed by atoms with Gasteiger partial charge in [0.25, 0.3) is 0 Å². The summed E-state index contributed by atoms with van der Waals surface area (Å²) < 4.78 is 0. The largest absolute Gasteiger partial charge is 0.512 e. The molecule has 0 saturated carbocycles. The van der Waals surface area contributed by atoms with Crippen LogP contribution in [-0.2, 0) is 4.79 Å². The molecule has 0 fully saturated rings. The van der Waals surface area contributed by atoms with Crippen LogP contribution in [0.1, 0.15) is 13.8 Å². The van der Waals surface area contributed by atoms with Gasteiger partial charge in [-0.05, 0) is 32.0 Å². The van der Waals surface area contributed by atoms with E-state index in [1.54, 1.807) is 18.2 Å². The van der Waals surface area contributed by atoms with Gasteiger partial charge in [-0.3, -0.25) is 9.79 Å². The molecule has 0 heterocycles. The van der Waals surface area contributed by atoms with Gasteiger partial charge in [0.15, 0.2) is 5.78 Å². The normalized spacial score (nSPS) is 12.7. The molecule has 0 aliphatic heterocycles. The van der Waals surface area contributed by atoms with E-state index in [4.69, 9.17) is 23.2 Å². The van der Waals surface area contributed by atoms with Gasteiger partial charge in [-0.25, -0.2) is 0 Å². The molecule has 1 rings (SSSR count). The van der Waals surface area contributed by atoms with Crippen molar-refractivity contribution in [1.29, 1.82) is 0 Å². The zero-order valence-electron chi connectivity index (χ0n) is 9.37. The predicted molar refractivity (Wildman–Crippen MR) is 70.6 cm³/mol. The molecule has 1 aromatic carbocycles. The first-order valence-corrected chi connectivity index (χ1v) is 5.57. The average Bonchev–Trinajstić information content (AvgIpc) is 2.20. The van der Waals surface area contributed by atoms with Gasteiger partial charge in [0, 0.05) is 11.2 Å². The molecule has 0 unspecified atom stereocenters. The highest BCUT2D eigenvalue weighted by Gasteiger charge is 2.05. The second kappa shape index (κ2) is 5.84. The van der Waals surface area contributed by atoms with Crippen molar-refractivity contribution in [2.45, 2.75) is 13.8 Å². The fourth-order valence-electron chi connectivity index (χ4n) is 1.16. The maximum Gasteiger partial charge on any atom is 0.164 e. The molecule has 3 nitrogen and oxygen atoms in total. The van der Waals surface area contributed by atoms with Crippen LogP contribution in [0.2, 0.25) is 10.0 Å². The van der Waals surface area contributed by atoms with Crippen LogP contribution in [0.4, 0.5) is 5.69 Å². The van der Waals surface area contributed by atoms with Gasteiger partial charge in [0.2, 0.25) is 0 Å². The molecular weight excluding hydrogens is 261 g/mol. The SMILES string of the molecule is CC(=O)/C(C=Nc1ccc(Cl)cc1Cl)=C(\C)O. The van der Waals surface area contributed by atoms with E-state index in [1.165, 1.54) is 20.1 Å². The van der Waals surface area contributed by atoms with E-state index < -0.39 is 0 Å². The Hall–Kier alpha value is -1.32. The average molecular weight is 272 g/mol. The van der Waals surface area contributed by atoms with Crippen molar-refractivity contribution < 1.29 is 9.90 Å². The van der Waals surface area contributed by atoms with E-state index in [0.717, 1.165) is 0 Å². The summed E-state index contributed by atoms with van der Waals surface area (Å²) in [5.41, 5.74) is 0.632. The summed E-state index contributed by atoms with van der Waals surface area (Å²) in [5, 5.41) is 10.2. The molecule has 0 amide bonds. The van der Waals surface area contributed by atoms with E-state index in [2.05, 4.69) is 4.99 Å². The molecule has 5 heteroatoms. The Morgan fingerprint density at radius 2 is 2.00 bits per heavy atom. The number of ketones is 1. The minimum atomic E-state index is -0.265. The molecule has 0 aliphatic carbocycles. The summed E-state index contributed by atoms with van der Waals surface area (Å²) in [6, 6.07) is 4.83. The first kappa shape index (κ1) is 13.7. The highest BCUT2D eigenvalue weighted by molar-refractivity contribution is 6.36. The molecule has 0 aromatic heterocycles. The molecule has 0 bridgehead atoms. The second-order valence-corrected chi connectivity index (χ2v) is 4.25. The van der Waals surface area contributed by atoms with Crippen LogP contribution in [0.5, 0.6) is 0 Å². The van der Waals surface area contributed by atoms with Gasteiger partial charge in [-0.1, -0.05) is 23.2 Å². The number of carbonyl (C=O) groups is 1. The van der Waals surface area contributed by atoms with Crippen molar-refractivity contribution in [3.05, 3.63) is 39.6 Å². The molecule has 1 aromatic rings. The Morgan fingerprint density at radius 3 is 2.47 bits per heavy atom. The molecule has 0 spiro atoms. The zero-order chi connectivity index (χ0) is 13.0. The highest BCUT2D eigenvalue weighted by Crippen LogP contribution is 2.27. The Balaban J connectivity index is 3.05. The van der Waals surface area contributed by atoms with Gasteiger partial charge in [-0.2, -0.15) is 0 Å². The molecular formula is C12H11Cl2NO2. The monoisotopic (exact) mass is 271 g/mol. The van der Waals surface area contributed by atoms with Gasteiger partial charge in [0.05, 0.1) is 16.3 Å². The van der Waals surface area contributed by atoms with Crippen molar-refractivity contribution in [3.63, 3.8) is 0 Å². The number of Topliss-reactive ketones (excluding diaryl/α,β-unsaturated/α-hetero) is 1. The maximum atomic E-state index is 11.2. The van der Waals surface area contributed by atoms with Crippen molar-refractivity contribution in [2.24, 2.45) is 4.99 Å². The highest BCUT2D eigenvalue weighted by atomic mass is 35.5. The molecule has 17 heavy (non-hydrogen) atoms. The summed E-state index contributed by atoms with van der Waals surface area (Å²) in [4.78, 5) is 15.2. The van der Waals surface area contributed by atoms with E-state index >= 15 is 0 Å². The second-order valence-electron chi connectivity index (χ2n) is 3.41.